The number of piperidine rings is 1. The molecule has 2 unspecified atom stereocenters. The highest BCUT2D eigenvalue weighted by Crippen LogP contribution is 2.20. The second-order valence-electron chi connectivity index (χ2n) is 5.86. The average molecular weight is 255 g/mol. The molecule has 1 heterocycles. The van der Waals surface area contributed by atoms with Crippen molar-refractivity contribution in [3.63, 3.8) is 0 Å². The van der Waals surface area contributed by atoms with Crippen molar-refractivity contribution in [2.75, 3.05) is 39.8 Å². The zero-order chi connectivity index (χ0) is 13.5. The maximum atomic E-state index is 3.47. The van der Waals surface area contributed by atoms with Gasteiger partial charge in [0.1, 0.15) is 0 Å². The predicted octanol–water partition coefficient (Wildman–Crippen LogP) is 2.04. The van der Waals surface area contributed by atoms with Crippen molar-refractivity contribution in [1.29, 1.82) is 0 Å². The normalized spacial score (nSPS) is 22.3. The minimum atomic E-state index is 0.669. The van der Waals surface area contributed by atoms with Crippen LogP contribution in [0.2, 0.25) is 0 Å². The first kappa shape index (κ1) is 15.9. The first-order valence-corrected chi connectivity index (χ1v) is 7.75. The molecule has 3 heteroatoms. The lowest BCUT2D eigenvalue weighted by atomic mass is 9.96. The quantitative estimate of drug-likeness (QED) is 0.751. The molecule has 1 aliphatic heterocycles. The maximum absolute atomic E-state index is 3.47. The summed E-state index contributed by atoms with van der Waals surface area (Å²) in [6.45, 7) is 15.2. The summed E-state index contributed by atoms with van der Waals surface area (Å²) < 4.78 is 0. The second kappa shape index (κ2) is 8.13. The van der Waals surface area contributed by atoms with Crippen LogP contribution in [0.5, 0.6) is 0 Å². The largest absolute Gasteiger partial charge is 0.317 e. The average Bonchev–Trinajstić information content (AvgIpc) is 2.43. The van der Waals surface area contributed by atoms with Crippen LogP contribution in [-0.4, -0.2) is 61.7 Å². The molecule has 0 aromatic carbocycles. The summed E-state index contributed by atoms with van der Waals surface area (Å²) in [6, 6.07) is 1.45. The SMILES string of the molecule is CCNCC(C)C(C)N(C)C1CCN(CC)CC1. The summed E-state index contributed by atoms with van der Waals surface area (Å²) in [4.78, 5) is 5.19. The van der Waals surface area contributed by atoms with Gasteiger partial charge in [0.2, 0.25) is 0 Å². The van der Waals surface area contributed by atoms with Crippen LogP contribution in [0, 0.1) is 5.92 Å². The minimum absolute atomic E-state index is 0.669. The van der Waals surface area contributed by atoms with Crippen LogP contribution in [0.3, 0.4) is 0 Å². The fourth-order valence-corrected chi connectivity index (χ4v) is 2.92. The Morgan fingerprint density at radius 3 is 2.33 bits per heavy atom. The summed E-state index contributed by atoms with van der Waals surface area (Å²) >= 11 is 0. The van der Waals surface area contributed by atoms with Crippen LogP contribution in [0.1, 0.15) is 40.5 Å². The van der Waals surface area contributed by atoms with E-state index >= 15 is 0 Å². The Kier molecular flexibility index (Phi) is 7.20. The number of hydrogen-bond donors (Lipinski definition) is 1. The molecule has 1 saturated heterocycles. The molecule has 0 bridgehead atoms. The first-order chi connectivity index (χ1) is 8.60. The number of nitrogens with zero attached hydrogens (tertiary/aromatic N) is 2. The standard InChI is InChI=1S/C15H33N3/c1-6-16-12-13(3)14(4)17(5)15-8-10-18(7-2)11-9-15/h13-16H,6-12H2,1-5H3. The van der Waals surface area contributed by atoms with Gasteiger partial charge in [-0.15, -0.1) is 0 Å². The highest BCUT2D eigenvalue weighted by molar-refractivity contribution is 4.82. The number of likely N-dealkylation sites (tertiary alicyclic amines) is 1. The van der Waals surface area contributed by atoms with E-state index < -0.39 is 0 Å². The molecule has 3 nitrogen and oxygen atoms in total. The number of hydrogen-bond acceptors (Lipinski definition) is 3. The van der Waals surface area contributed by atoms with Crippen LogP contribution in [-0.2, 0) is 0 Å². The van der Waals surface area contributed by atoms with E-state index in [1.807, 2.05) is 0 Å². The summed E-state index contributed by atoms with van der Waals surface area (Å²) in [5.74, 6) is 0.721. The summed E-state index contributed by atoms with van der Waals surface area (Å²) in [5.41, 5.74) is 0. The van der Waals surface area contributed by atoms with Gasteiger partial charge in [-0.3, -0.25) is 0 Å². The van der Waals surface area contributed by atoms with Crippen LogP contribution in [0.25, 0.3) is 0 Å². The predicted molar refractivity (Wildman–Crippen MR) is 80.1 cm³/mol. The summed E-state index contributed by atoms with van der Waals surface area (Å²) in [5, 5.41) is 3.47. The Morgan fingerprint density at radius 1 is 1.22 bits per heavy atom. The highest BCUT2D eigenvalue weighted by atomic mass is 15.2. The molecule has 0 radical (unpaired) electrons. The van der Waals surface area contributed by atoms with E-state index in [-0.39, 0.29) is 0 Å². The van der Waals surface area contributed by atoms with Gasteiger partial charge in [-0.05, 0) is 65.5 Å². The van der Waals surface area contributed by atoms with Gasteiger partial charge < -0.3 is 15.1 Å². The zero-order valence-corrected chi connectivity index (χ0v) is 13.1. The number of rotatable bonds is 7. The van der Waals surface area contributed by atoms with Crippen molar-refractivity contribution >= 4 is 0 Å². The third-order valence-electron chi connectivity index (χ3n) is 4.76. The lowest BCUT2D eigenvalue weighted by molar-refractivity contribution is 0.0835. The molecule has 0 amide bonds. The number of nitrogens with one attached hydrogen (secondary N) is 1. The lowest BCUT2D eigenvalue weighted by Crippen LogP contribution is -2.49. The summed E-state index contributed by atoms with van der Waals surface area (Å²) in [6.07, 6.45) is 2.67. The molecule has 2 atom stereocenters. The second-order valence-corrected chi connectivity index (χ2v) is 5.86. The van der Waals surface area contributed by atoms with E-state index in [0.29, 0.717) is 6.04 Å². The van der Waals surface area contributed by atoms with Gasteiger partial charge in [-0.2, -0.15) is 0 Å². The zero-order valence-electron chi connectivity index (χ0n) is 13.1. The molecule has 0 aromatic heterocycles. The molecule has 1 rings (SSSR count). The van der Waals surface area contributed by atoms with E-state index in [1.165, 1.54) is 32.5 Å². The Morgan fingerprint density at radius 2 is 1.83 bits per heavy atom. The molecule has 0 saturated carbocycles. The van der Waals surface area contributed by atoms with Crippen molar-refractivity contribution in [3.05, 3.63) is 0 Å². The fourth-order valence-electron chi connectivity index (χ4n) is 2.92. The van der Waals surface area contributed by atoms with Gasteiger partial charge in [0.15, 0.2) is 0 Å². The molecule has 0 aromatic rings. The molecular weight excluding hydrogens is 222 g/mol. The molecule has 0 spiro atoms. The van der Waals surface area contributed by atoms with E-state index in [1.54, 1.807) is 0 Å². The van der Waals surface area contributed by atoms with Crippen molar-refractivity contribution in [2.45, 2.75) is 52.6 Å². The van der Waals surface area contributed by atoms with E-state index in [9.17, 15) is 0 Å². The van der Waals surface area contributed by atoms with Crippen molar-refractivity contribution < 1.29 is 0 Å². The Hall–Kier alpha value is -0.120. The Bertz CT molecular complexity index is 210. The van der Waals surface area contributed by atoms with Crippen LogP contribution < -0.4 is 5.32 Å². The third kappa shape index (κ3) is 4.52. The van der Waals surface area contributed by atoms with E-state index in [2.05, 4.69) is 49.9 Å². The monoisotopic (exact) mass is 255 g/mol. The topological polar surface area (TPSA) is 18.5 Å². The highest BCUT2D eigenvalue weighted by Gasteiger charge is 2.26. The molecule has 1 fully saturated rings. The third-order valence-corrected chi connectivity index (χ3v) is 4.76. The smallest absolute Gasteiger partial charge is 0.0119 e. The molecule has 0 aliphatic carbocycles. The Balaban J connectivity index is 2.36. The molecule has 108 valence electrons. The van der Waals surface area contributed by atoms with E-state index in [0.717, 1.165) is 25.0 Å². The van der Waals surface area contributed by atoms with Crippen molar-refractivity contribution in [3.8, 4) is 0 Å². The van der Waals surface area contributed by atoms with Gasteiger partial charge >= 0.3 is 0 Å². The molecule has 1 aliphatic rings. The van der Waals surface area contributed by atoms with Crippen molar-refractivity contribution in [2.24, 2.45) is 5.92 Å². The molecule has 1 N–H and O–H groups in total. The van der Waals surface area contributed by atoms with Crippen molar-refractivity contribution in [1.82, 2.24) is 15.1 Å². The first-order valence-electron chi connectivity index (χ1n) is 7.75. The van der Waals surface area contributed by atoms with E-state index in [4.69, 9.17) is 0 Å². The van der Waals surface area contributed by atoms with Crippen LogP contribution in [0.4, 0.5) is 0 Å². The lowest BCUT2D eigenvalue weighted by Gasteiger charge is -2.41. The maximum Gasteiger partial charge on any atom is 0.0119 e. The van der Waals surface area contributed by atoms with Crippen LogP contribution >= 0.6 is 0 Å². The van der Waals surface area contributed by atoms with Gasteiger partial charge in [0.25, 0.3) is 0 Å². The Labute approximate surface area is 114 Å². The van der Waals surface area contributed by atoms with Gasteiger partial charge in [-0.1, -0.05) is 20.8 Å². The summed E-state index contributed by atoms with van der Waals surface area (Å²) in [7, 11) is 2.32. The molecule has 18 heavy (non-hydrogen) atoms. The minimum Gasteiger partial charge on any atom is -0.317 e. The van der Waals surface area contributed by atoms with Crippen LogP contribution in [0.15, 0.2) is 0 Å². The molecular formula is C15H33N3. The van der Waals surface area contributed by atoms with Gasteiger partial charge in [0, 0.05) is 12.1 Å². The van der Waals surface area contributed by atoms with Gasteiger partial charge in [0.05, 0.1) is 0 Å². The van der Waals surface area contributed by atoms with Gasteiger partial charge in [-0.25, -0.2) is 0 Å². The fraction of sp³-hybridized carbons (Fsp3) is 1.00.